The van der Waals surface area contributed by atoms with Crippen molar-refractivity contribution in [1.29, 1.82) is 0 Å². The van der Waals surface area contributed by atoms with Crippen molar-refractivity contribution in [3.05, 3.63) is 94.1 Å². The van der Waals surface area contributed by atoms with Crippen molar-refractivity contribution >= 4 is 40.6 Å². The maximum atomic E-state index is 12.9. The molecule has 6 nitrogen and oxygen atoms in total. The van der Waals surface area contributed by atoms with Crippen molar-refractivity contribution < 1.29 is 14.4 Å². The third-order valence-corrected chi connectivity index (χ3v) is 6.51. The Morgan fingerprint density at radius 2 is 1.67 bits per heavy atom. The molecule has 1 N–H and O–H groups in total. The number of hydrogen-bond donors (Lipinski definition) is 1. The number of aromatic nitrogens is 1. The summed E-state index contributed by atoms with van der Waals surface area (Å²) in [5, 5.41) is 2.27. The van der Waals surface area contributed by atoms with E-state index in [9.17, 15) is 14.4 Å². The Labute approximate surface area is 197 Å². The first-order chi connectivity index (χ1) is 15.9. The molecular weight excluding hydrogens is 434 g/mol. The van der Waals surface area contributed by atoms with Crippen molar-refractivity contribution in [2.24, 2.45) is 0 Å². The number of nitrogens with one attached hydrogen (secondary N) is 1. The van der Waals surface area contributed by atoms with Gasteiger partial charge in [0.1, 0.15) is 6.54 Å². The molecule has 1 saturated heterocycles. The van der Waals surface area contributed by atoms with Gasteiger partial charge in [-0.15, -0.1) is 0 Å². The molecule has 1 aliphatic rings. The normalized spacial score (nSPS) is 14.8. The monoisotopic (exact) mass is 459 g/mol. The molecule has 4 rings (SSSR count). The van der Waals surface area contributed by atoms with Crippen molar-refractivity contribution in [2.45, 2.75) is 26.8 Å². The first-order valence-corrected chi connectivity index (χ1v) is 11.5. The minimum absolute atomic E-state index is 0.313. The second-order valence-corrected chi connectivity index (χ2v) is 8.89. The van der Waals surface area contributed by atoms with E-state index in [1.807, 2.05) is 44.2 Å². The highest BCUT2D eigenvalue weighted by molar-refractivity contribution is 8.18. The zero-order valence-corrected chi connectivity index (χ0v) is 19.4. The van der Waals surface area contributed by atoms with Gasteiger partial charge in [0.15, 0.2) is 0 Å². The van der Waals surface area contributed by atoms with Crippen LogP contribution in [0.3, 0.4) is 0 Å². The second kappa shape index (κ2) is 9.92. The summed E-state index contributed by atoms with van der Waals surface area (Å²) >= 11 is 0.868. The van der Waals surface area contributed by atoms with Gasteiger partial charge in [0.2, 0.25) is 5.91 Å². The Morgan fingerprint density at radius 3 is 2.36 bits per heavy atom. The number of anilines is 1. The molecule has 0 saturated carbocycles. The highest BCUT2D eigenvalue weighted by Crippen LogP contribution is 2.33. The smallest absolute Gasteiger partial charge is 0.294 e. The fourth-order valence-electron chi connectivity index (χ4n) is 3.85. The number of hydrogen-bond acceptors (Lipinski definition) is 4. The van der Waals surface area contributed by atoms with Crippen LogP contribution in [0, 0.1) is 13.8 Å². The van der Waals surface area contributed by atoms with Crippen molar-refractivity contribution in [3.63, 3.8) is 0 Å². The molecule has 2 aromatic carbocycles. The molecule has 0 unspecified atom stereocenters. The van der Waals surface area contributed by atoms with E-state index in [-0.39, 0.29) is 6.54 Å². The van der Waals surface area contributed by atoms with Crippen LogP contribution in [-0.4, -0.2) is 33.1 Å². The summed E-state index contributed by atoms with van der Waals surface area (Å²) in [5.74, 6) is -0.855. The van der Waals surface area contributed by atoms with Crippen LogP contribution in [0.2, 0.25) is 0 Å². The lowest BCUT2D eigenvalue weighted by Crippen LogP contribution is -2.36. The van der Waals surface area contributed by atoms with Crippen LogP contribution >= 0.6 is 11.8 Å². The minimum Gasteiger partial charge on any atom is -0.348 e. The van der Waals surface area contributed by atoms with Gasteiger partial charge in [-0.25, -0.2) is 0 Å². The summed E-state index contributed by atoms with van der Waals surface area (Å²) in [6.45, 7) is 4.57. The van der Waals surface area contributed by atoms with E-state index in [0.717, 1.165) is 46.6 Å². The van der Waals surface area contributed by atoms with E-state index < -0.39 is 17.1 Å². The summed E-state index contributed by atoms with van der Waals surface area (Å²) in [7, 11) is 0. The molecule has 0 bridgehead atoms. The number of carbonyl (C=O) groups is 3. The molecule has 7 heteroatoms. The number of imide groups is 1. The SMILES string of the molecule is Cc1cc(/C=C2\SC(=O)N(CC(=O)Nc3ccccc3)C2=O)c(C)n1CCc1ccccc1. The van der Waals surface area contributed by atoms with Crippen molar-refractivity contribution in [3.8, 4) is 0 Å². The number of aryl methyl sites for hydroxylation is 2. The zero-order valence-electron chi connectivity index (χ0n) is 18.6. The first kappa shape index (κ1) is 22.6. The van der Waals surface area contributed by atoms with Gasteiger partial charge in [-0.3, -0.25) is 19.3 Å². The predicted octanol–water partition coefficient (Wildman–Crippen LogP) is 5.02. The standard InChI is InChI=1S/C26H25N3O3S/c1-18-15-21(19(2)28(18)14-13-20-9-5-3-6-10-20)16-23-25(31)29(26(32)33-23)17-24(30)27-22-11-7-4-8-12-22/h3-12,15-16H,13-14,17H2,1-2H3,(H,27,30)/b23-16-. The quantitative estimate of drug-likeness (QED) is 0.504. The second-order valence-electron chi connectivity index (χ2n) is 7.90. The highest BCUT2D eigenvalue weighted by atomic mass is 32.2. The minimum atomic E-state index is -0.442. The summed E-state index contributed by atoms with van der Waals surface area (Å²) < 4.78 is 2.22. The third-order valence-electron chi connectivity index (χ3n) is 5.60. The molecule has 0 spiro atoms. The Morgan fingerprint density at radius 1 is 1.00 bits per heavy atom. The first-order valence-electron chi connectivity index (χ1n) is 10.7. The van der Waals surface area contributed by atoms with E-state index in [1.165, 1.54) is 5.56 Å². The van der Waals surface area contributed by atoms with Crippen LogP contribution in [0.25, 0.3) is 6.08 Å². The average molecular weight is 460 g/mol. The molecule has 0 aliphatic carbocycles. The van der Waals surface area contributed by atoms with Gasteiger partial charge in [0, 0.05) is 23.6 Å². The number of amides is 3. The van der Waals surface area contributed by atoms with E-state index >= 15 is 0 Å². The molecular formula is C26H25N3O3S. The summed E-state index contributed by atoms with van der Waals surface area (Å²) in [6.07, 6.45) is 2.66. The Bertz CT molecular complexity index is 1220. The highest BCUT2D eigenvalue weighted by Gasteiger charge is 2.36. The molecule has 0 radical (unpaired) electrons. The third kappa shape index (κ3) is 5.26. The van der Waals surface area contributed by atoms with Gasteiger partial charge >= 0.3 is 0 Å². The number of benzene rings is 2. The van der Waals surface area contributed by atoms with Gasteiger partial charge in [-0.1, -0.05) is 48.5 Å². The summed E-state index contributed by atoms with van der Waals surface area (Å²) in [5.41, 5.74) is 4.92. The molecule has 168 valence electrons. The Balaban J connectivity index is 1.45. The number of rotatable bonds is 7. The predicted molar refractivity (Wildman–Crippen MR) is 132 cm³/mol. The van der Waals surface area contributed by atoms with Crippen molar-refractivity contribution in [1.82, 2.24) is 9.47 Å². The Kier molecular flexibility index (Phi) is 6.79. The van der Waals surface area contributed by atoms with Gasteiger partial charge in [-0.2, -0.15) is 0 Å². The lowest BCUT2D eigenvalue weighted by molar-refractivity contribution is -0.127. The number of thioether (sulfide) groups is 1. The lowest BCUT2D eigenvalue weighted by atomic mass is 10.1. The molecule has 1 aliphatic heterocycles. The van der Waals surface area contributed by atoms with Gasteiger partial charge in [0.05, 0.1) is 4.91 Å². The number of carbonyl (C=O) groups excluding carboxylic acids is 3. The molecule has 33 heavy (non-hydrogen) atoms. The van der Waals surface area contributed by atoms with Crippen LogP contribution in [0.15, 0.2) is 71.6 Å². The van der Waals surface area contributed by atoms with Crippen LogP contribution in [-0.2, 0) is 22.6 Å². The molecule has 0 atom stereocenters. The topological polar surface area (TPSA) is 71.4 Å². The fourth-order valence-corrected chi connectivity index (χ4v) is 4.68. The van der Waals surface area contributed by atoms with E-state index in [4.69, 9.17) is 0 Å². The number of nitrogens with zero attached hydrogens (tertiary/aromatic N) is 2. The number of para-hydroxylation sites is 1. The van der Waals surface area contributed by atoms with E-state index in [2.05, 4.69) is 22.0 Å². The maximum absolute atomic E-state index is 12.9. The Hall–Kier alpha value is -3.58. The van der Waals surface area contributed by atoms with Gasteiger partial charge in [-0.05, 0) is 67.4 Å². The van der Waals surface area contributed by atoms with Crippen LogP contribution in [0.5, 0.6) is 0 Å². The van der Waals surface area contributed by atoms with E-state index in [0.29, 0.717) is 10.6 Å². The van der Waals surface area contributed by atoms with Gasteiger partial charge < -0.3 is 9.88 Å². The zero-order chi connectivity index (χ0) is 23.4. The van der Waals surface area contributed by atoms with Crippen LogP contribution < -0.4 is 5.32 Å². The van der Waals surface area contributed by atoms with E-state index in [1.54, 1.807) is 30.3 Å². The molecule has 3 aromatic rings. The van der Waals surface area contributed by atoms with Gasteiger partial charge in [0.25, 0.3) is 11.1 Å². The van der Waals surface area contributed by atoms with Crippen LogP contribution in [0.4, 0.5) is 10.5 Å². The summed E-state index contributed by atoms with van der Waals surface area (Å²) in [6, 6.07) is 21.3. The van der Waals surface area contributed by atoms with Crippen molar-refractivity contribution in [2.75, 3.05) is 11.9 Å². The summed E-state index contributed by atoms with van der Waals surface area (Å²) in [4.78, 5) is 38.9. The molecule has 3 amide bonds. The fraction of sp³-hybridized carbons (Fsp3) is 0.192. The van der Waals surface area contributed by atoms with Crippen LogP contribution in [0.1, 0.15) is 22.5 Å². The lowest BCUT2D eigenvalue weighted by Gasteiger charge is -2.12. The largest absolute Gasteiger partial charge is 0.348 e. The average Bonchev–Trinajstić information content (AvgIpc) is 3.22. The maximum Gasteiger partial charge on any atom is 0.294 e. The molecule has 1 aromatic heterocycles. The molecule has 2 heterocycles. The molecule has 1 fully saturated rings.